The second kappa shape index (κ2) is 5.88. The van der Waals surface area contributed by atoms with Gasteiger partial charge in [-0.2, -0.15) is 5.06 Å². The molecule has 0 aromatic heterocycles. The van der Waals surface area contributed by atoms with E-state index in [1.165, 1.54) is 5.06 Å². The van der Waals surface area contributed by atoms with Gasteiger partial charge in [-0.3, -0.25) is 0 Å². The summed E-state index contributed by atoms with van der Waals surface area (Å²) >= 11 is 0. The Balaban J connectivity index is 0. The molecule has 4 N–H and O–H groups in total. The van der Waals surface area contributed by atoms with Crippen LogP contribution in [0.1, 0.15) is 13.8 Å². The Labute approximate surface area is 44.5 Å². The van der Waals surface area contributed by atoms with Gasteiger partial charge in [-0.1, -0.05) is 13.8 Å². The van der Waals surface area contributed by atoms with Gasteiger partial charge in [0.25, 0.3) is 0 Å². The molecule has 3 nitrogen and oxygen atoms in total. The molecule has 3 heteroatoms. The maximum atomic E-state index is 8.50. The van der Waals surface area contributed by atoms with Gasteiger partial charge in [-0.05, 0) is 0 Å². The third-order valence-electron chi connectivity index (χ3n) is 0.730. The van der Waals surface area contributed by atoms with Gasteiger partial charge in [0.05, 0.1) is 0 Å². The topological polar surface area (TPSA) is 58.5 Å². The van der Waals surface area contributed by atoms with Crippen molar-refractivity contribution < 1.29 is 5.21 Å². The lowest BCUT2D eigenvalue weighted by Gasteiger charge is -2.05. The Bertz CT molecular complexity index is 28.9. The summed E-state index contributed by atoms with van der Waals surface area (Å²) < 4.78 is 0. The molecule has 0 aromatic carbocycles. The molecule has 0 saturated carbocycles. The van der Waals surface area contributed by atoms with Crippen LogP contribution in [0.3, 0.4) is 0 Å². The van der Waals surface area contributed by atoms with E-state index < -0.39 is 0 Å². The van der Waals surface area contributed by atoms with Crippen molar-refractivity contribution in [2.24, 2.45) is 0 Å². The number of hydrogen-bond acceptors (Lipinski definition) is 3. The van der Waals surface area contributed by atoms with Crippen molar-refractivity contribution >= 4 is 0 Å². The number of hydroxylamine groups is 2. The van der Waals surface area contributed by atoms with Crippen LogP contribution >= 0.6 is 0 Å². The lowest BCUT2D eigenvalue weighted by atomic mass is 10.6. The zero-order valence-electron chi connectivity index (χ0n) is 5.02. The van der Waals surface area contributed by atoms with E-state index in [2.05, 4.69) is 0 Å². The standard InChI is InChI=1S/C4H11NO.H3N/c1-3-5(6)4-2;/h6H,3-4H2,1-2H3;1H3. The van der Waals surface area contributed by atoms with E-state index in [4.69, 9.17) is 5.21 Å². The average Bonchev–Trinajstić information content (AvgIpc) is 1.65. The summed E-state index contributed by atoms with van der Waals surface area (Å²) in [6.45, 7) is 5.25. The van der Waals surface area contributed by atoms with Gasteiger partial charge in [0, 0.05) is 13.1 Å². The number of rotatable bonds is 2. The van der Waals surface area contributed by atoms with Crippen molar-refractivity contribution in [1.29, 1.82) is 0 Å². The lowest BCUT2D eigenvalue weighted by molar-refractivity contribution is -0.0813. The summed E-state index contributed by atoms with van der Waals surface area (Å²) in [5, 5.41) is 9.75. The molecule has 0 saturated heterocycles. The van der Waals surface area contributed by atoms with Crippen LogP contribution < -0.4 is 6.15 Å². The predicted octanol–water partition coefficient (Wildman–Crippen LogP) is 0.879. The first-order chi connectivity index (χ1) is 2.81. The van der Waals surface area contributed by atoms with Crippen molar-refractivity contribution in [3.8, 4) is 0 Å². The Kier molecular flexibility index (Phi) is 8.39. The minimum Gasteiger partial charge on any atom is -0.344 e. The summed E-state index contributed by atoms with van der Waals surface area (Å²) in [4.78, 5) is 0. The Morgan fingerprint density at radius 3 is 1.57 bits per heavy atom. The van der Waals surface area contributed by atoms with E-state index >= 15 is 0 Å². The number of hydrogen-bond donors (Lipinski definition) is 2. The molecule has 0 radical (unpaired) electrons. The lowest BCUT2D eigenvalue weighted by Crippen LogP contribution is -2.16. The van der Waals surface area contributed by atoms with Crippen LogP contribution in [-0.2, 0) is 0 Å². The molecule has 0 aliphatic rings. The fourth-order valence-corrected chi connectivity index (χ4v) is 0.224. The molecule has 0 heterocycles. The predicted molar refractivity (Wildman–Crippen MR) is 29.7 cm³/mol. The highest BCUT2D eigenvalue weighted by molar-refractivity contribution is 4.26. The molecule has 0 amide bonds. The van der Waals surface area contributed by atoms with Gasteiger partial charge in [-0.25, -0.2) is 0 Å². The van der Waals surface area contributed by atoms with E-state index in [9.17, 15) is 0 Å². The molecule has 0 aliphatic carbocycles. The van der Waals surface area contributed by atoms with Crippen LogP contribution in [0.2, 0.25) is 0 Å². The van der Waals surface area contributed by atoms with E-state index in [1.54, 1.807) is 0 Å². The second-order valence-electron chi connectivity index (χ2n) is 1.14. The van der Waals surface area contributed by atoms with Gasteiger partial charge in [0.2, 0.25) is 0 Å². The van der Waals surface area contributed by atoms with Crippen LogP contribution in [0.25, 0.3) is 0 Å². The first-order valence-corrected chi connectivity index (χ1v) is 2.25. The summed E-state index contributed by atoms with van der Waals surface area (Å²) in [6.07, 6.45) is 0. The van der Waals surface area contributed by atoms with E-state index in [-0.39, 0.29) is 6.15 Å². The minimum absolute atomic E-state index is 0. The maximum absolute atomic E-state index is 8.50. The summed E-state index contributed by atoms with van der Waals surface area (Å²) in [6, 6.07) is 0. The second-order valence-corrected chi connectivity index (χ2v) is 1.14. The van der Waals surface area contributed by atoms with Gasteiger partial charge < -0.3 is 11.4 Å². The number of nitrogens with zero attached hydrogens (tertiary/aromatic N) is 1. The Morgan fingerprint density at radius 2 is 1.57 bits per heavy atom. The Hall–Kier alpha value is -0.120. The first kappa shape index (κ1) is 9.99. The monoisotopic (exact) mass is 106 g/mol. The minimum atomic E-state index is 0. The summed E-state index contributed by atoms with van der Waals surface area (Å²) in [5.74, 6) is 0. The molecule has 0 fully saturated rings. The van der Waals surface area contributed by atoms with E-state index in [0.29, 0.717) is 0 Å². The van der Waals surface area contributed by atoms with Crippen molar-refractivity contribution in [3.05, 3.63) is 0 Å². The van der Waals surface area contributed by atoms with Crippen molar-refractivity contribution in [1.82, 2.24) is 11.2 Å². The molecular weight excluding hydrogens is 92.1 g/mol. The smallest absolute Gasteiger partial charge is 0.0209 e. The van der Waals surface area contributed by atoms with E-state index in [0.717, 1.165) is 13.1 Å². The van der Waals surface area contributed by atoms with Gasteiger partial charge in [0.1, 0.15) is 0 Å². The molecule has 0 atom stereocenters. The molecule has 0 spiro atoms. The fourth-order valence-electron chi connectivity index (χ4n) is 0.224. The molecule has 46 valence electrons. The van der Waals surface area contributed by atoms with Crippen LogP contribution in [0.5, 0.6) is 0 Å². The van der Waals surface area contributed by atoms with Crippen molar-refractivity contribution in [3.63, 3.8) is 0 Å². The summed E-state index contributed by atoms with van der Waals surface area (Å²) in [5.41, 5.74) is 0. The van der Waals surface area contributed by atoms with Crippen molar-refractivity contribution in [2.75, 3.05) is 13.1 Å². The van der Waals surface area contributed by atoms with Gasteiger partial charge >= 0.3 is 0 Å². The van der Waals surface area contributed by atoms with Crippen LogP contribution in [0.15, 0.2) is 0 Å². The fraction of sp³-hybridized carbons (Fsp3) is 1.00. The highest BCUT2D eigenvalue weighted by Crippen LogP contribution is 1.73. The quantitative estimate of drug-likeness (QED) is 0.514. The largest absolute Gasteiger partial charge is 0.344 e. The maximum Gasteiger partial charge on any atom is 0.0209 e. The molecular formula is C4H14N2O. The third kappa shape index (κ3) is 5.88. The molecule has 0 bridgehead atoms. The van der Waals surface area contributed by atoms with E-state index in [1.807, 2.05) is 13.8 Å². The SMILES string of the molecule is CCN(O)CC.N. The highest BCUT2D eigenvalue weighted by Gasteiger charge is 1.84. The van der Waals surface area contributed by atoms with Gasteiger partial charge in [0.15, 0.2) is 0 Å². The summed E-state index contributed by atoms with van der Waals surface area (Å²) in [7, 11) is 0. The zero-order chi connectivity index (χ0) is 4.99. The molecule has 0 aliphatic heterocycles. The molecule has 0 rings (SSSR count). The van der Waals surface area contributed by atoms with Crippen LogP contribution in [0.4, 0.5) is 0 Å². The molecule has 7 heavy (non-hydrogen) atoms. The average molecular weight is 106 g/mol. The van der Waals surface area contributed by atoms with Gasteiger partial charge in [-0.15, -0.1) is 0 Å². The third-order valence-corrected chi connectivity index (χ3v) is 0.730. The molecule has 0 unspecified atom stereocenters. The van der Waals surface area contributed by atoms with Crippen LogP contribution in [-0.4, -0.2) is 23.4 Å². The first-order valence-electron chi connectivity index (χ1n) is 2.25. The molecule has 0 aromatic rings. The van der Waals surface area contributed by atoms with Crippen molar-refractivity contribution in [2.45, 2.75) is 13.8 Å². The van der Waals surface area contributed by atoms with Crippen LogP contribution in [0, 0.1) is 0 Å². The zero-order valence-corrected chi connectivity index (χ0v) is 5.02. The highest BCUT2D eigenvalue weighted by atomic mass is 16.5. The Morgan fingerprint density at radius 1 is 1.29 bits per heavy atom. The normalized spacial score (nSPS) is 8.57.